The van der Waals surface area contributed by atoms with Crippen molar-refractivity contribution in [2.75, 3.05) is 31.2 Å². The molecule has 1 aliphatic rings. The molecule has 1 saturated heterocycles. The van der Waals surface area contributed by atoms with E-state index in [0.717, 1.165) is 22.2 Å². The van der Waals surface area contributed by atoms with Gasteiger partial charge in [-0.1, -0.05) is 12.1 Å². The van der Waals surface area contributed by atoms with Crippen LogP contribution in [0.1, 0.15) is 17.3 Å². The number of hydrogen-bond acceptors (Lipinski definition) is 8. The molecule has 0 atom stereocenters. The first-order valence-corrected chi connectivity index (χ1v) is 12.4. The molecule has 0 radical (unpaired) electrons. The number of anilines is 1. The summed E-state index contributed by atoms with van der Waals surface area (Å²) in [5, 5.41) is 11.6. The highest BCUT2D eigenvalue weighted by molar-refractivity contribution is 7.17. The van der Waals surface area contributed by atoms with Gasteiger partial charge in [-0.15, -0.1) is 22.7 Å². The molecule has 1 aliphatic heterocycles. The topological polar surface area (TPSA) is 77.6 Å². The zero-order chi connectivity index (χ0) is 22.5. The first-order valence-electron chi connectivity index (χ1n) is 10.5. The van der Waals surface area contributed by atoms with Crippen molar-refractivity contribution < 1.29 is 13.9 Å². The van der Waals surface area contributed by atoms with E-state index < -0.39 is 0 Å². The summed E-state index contributed by atoms with van der Waals surface area (Å²) in [6.45, 7) is 4.16. The summed E-state index contributed by atoms with van der Waals surface area (Å²) in [5.74, 6) is 0.556. The molecule has 0 unspecified atom stereocenters. The molecule has 6 rings (SSSR count). The number of carbonyl (C=O) groups is 1. The molecule has 0 spiro atoms. The molecule has 33 heavy (non-hydrogen) atoms. The van der Waals surface area contributed by atoms with Gasteiger partial charge in [-0.25, -0.2) is 4.68 Å². The van der Waals surface area contributed by atoms with Crippen LogP contribution in [0.4, 0.5) is 5.88 Å². The third kappa shape index (κ3) is 3.40. The maximum atomic E-state index is 12.8. The molecule has 0 amide bonds. The predicted molar refractivity (Wildman–Crippen MR) is 131 cm³/mol. The normalized spacial score (nSPS) is 14.4. The van der Waals surface area contributed by atoms with Crippen molar-refractivity contribution in [2.45, 2.75) is 6.92 Å². The monoisotopic (exact) mass is 477 g/mol. The van der Waals surface area contributed by atoms with Crippen LogP contribution in [0.15, 0.2) is 55.8 Å². The van der Waals surface area contributed by atoms with Gasteiger partial charge in [0.25, 0.3) is 0 Å². The van der Waals surface area contributed by atoms with Crippen LogP contribution in [0.5, 0.6) is 0 Å². The molecule has 0 saturated carbocycles. The summed E-state index contributed by atoms with van der Waals surface area (Å²) in [4.78, 5) is 26.9. The molecule has 0 bridgehead atoms. The van der Waals surface area contributed by atoms with Gasteiger partial charge >= 0.3 is 0 Å². The molecule has 1 fully saturated rings. The molecule has 0 N–H and O–H groups in total. The van der Waals surface area contributed by atoms with Crippen molar-refractivity contribution in [1.82, 2.24) is 9.78 Å². The molecule has 4 aromatic heterocycles. The summed E-state index contributed by atoms with van der Waals surface area (Å²) in [5.41, 5.74) is 4.51. The Morgan fingerprint density at radius 2 is 1.97 bits per heavy atom. The van der Waals surface area contributed by atoms with Crippen LogP contribution in [-0.4, -0.2) is 41.9 Å². The Hall–Kier alpha value is -3.27. The Morgan fingerprint density at radius 3 is 2.79 bits per heavy atom. The fourth-order valence-electron chi connectivity index (χ4n) is 4.18. The van der Waals surface area contributed by atoms with Crippen LogP contribution in [0.25, 0.3) is 38.0 Å². The number of ketones is 1. The molecule has 7 nitrogen and oxygen atoms in total. The van der Waals surface area contributed by atoms with E-state index in [1.807, 2.05) is 39.4 Å². The summed E-state index contributed by atoms with van der Waals surface area (Å²) in [7, 11) is 0. The average Bonchev–Trinajstić information content (AvgIpc) is 3.56. The lowest BCUT2D eigenvalue weighted by Gasteiger charge is -2.27. The Labute approximate surface area is 196 Å². The predicted octanol–water partition coefficient (Wildman–Crippen LogP) is 4.96. The summed E-state index contributed by atoms with van der Waals surface area (Å²) < 4.78 is 14.1. The largest absolute Gasteiger partial charge is 0.439 e. The van der Waals surface area contributed by atoms with E-state index in [1.165, 1.54) is 11.3 Å². The van der Waals surface area contributed by atoms with E-state index in [1.54, 1.807) is 35.1 Å². The van der Waals surface area contributed by atoms with Gasteiger partial charge in [-0.2, -0.15) is 5.10 Å². The highest BCUT2D eigenvalue weighted by Gasteiger charge is 2.21. The number of Topliss-reactive ketones (excluding diaryl/α,β-unsaturated/α-hetero) is 1. The van der Waals surface area contributed by atoms with Gasteiger partial charge in [0, 0.05) is 63.6 Å². The SMILES string of the molecule is CC(=O)c1cccc2cn(-c3cscc3-c3csc4c(=O)cc(N5CCOCC5)oc34)nc12. The highest BCUT2D eigenvalue weighted by Crippen LogP contribution is 2.39. The Balaban J connectivity index is 1.49. The second-order valence-corrected chi connectivity index (χ2v) is 9.52. The van der Waals surface area contributed by atoms with Crippen LogP contribution in [0.3, 0.4) is 0 Å². The van der Waals surface area contributed by atoms with E-state index in [4.69, 9.17) is 14.3 Å². The van der Waals surface area contributed by atoms with Crippen LogP contribution in [0.2, 0.25) is 0 Å². The second-order valence-electron chi connectivity index (χ2n) is 7.90. The van der Waals surface area contributed by atoms with Gasteiger partial charge in [-0.05, 0) is 13.0 Å². The number of ether oxygens (including phenoxy) is 1. The summed E-state index contributed by atoms with van der Waals surface area (Å²) >= 11 is 2.95. The van der Waals surface area contributed by atoms with Crippen LogP contribution >= 0.6 is 22.7 Å². The number of rotatable bonds is 4. The smallest absolute Gasteiger partial charge is 0.204 e. The molecule has 1 aromatic carbocycles. The Morgan fingerprint density at radius 1 is 1.12 bits per heavy atom. The number of carbonyl (C=O) groups excluding carboxylic acids is 1. The molecular weight excluding hydrogens is 458 g/mol. The molecular formula is C24H19N3O4S2. The Bertz CT molecular complexity index is 1570. The number of nitrogens with zero attached hydrogens (tertiary/aromatic N) is 3. The van der Waals surface area contributed by atoms with E-state index in [2.05, 4.69) is 0 Å². The number of fused-ring (bicyclic) bond motifs is 2. The Kier molecular flexibility index (Phi) is 4.90. The first-order chi connectivity index (χ1) is 16.1. The zero-order valence-electron chi connectivity index (χ0n) is 17.7. The van der Waals surface area contributed by atoms with E-state index in [0.29, 0.717) is 53.6 Å². The minimum atomic E-state index is -0.0401. The number of hydrogen-bond donors (Lipinski definition) is 0. The van der Waals surface area contributed by atoms with Crippen LogP contribution in [0, 0.1) is 0 Å². The summed E-state index contributed by atoms with van der Waals surface area (Å²) in [6, 6.07) is 7.19. The molecule has 166 valence electrons. The van der Waals surface area contributed by atoms with Gasteiger partial charge < -0.3 is 14.1 Å². The van der Waals surface area contributed by atoms with E-state index in [-0.39, 0.29) is 11.2 Å². The lowest BCUT2D eigenvalue weighted by molar-refractivity contribution is 0.101. The average molecular weight is 478 g/mol. The fourth-order valence-corrected chi connectivity index (χ4v) is 5.90. The molecule has 5 heterocycles. The number of thiophene rings is 2. The van der Waals surface area contributed by atoms with Crippen molar-refractivity contribution in [1.29, 1.82) is 0 Å². The maximum Gasteiger partial charge on any atom is 0.204 e. The minimum absolute atomic E-state index is 0.0161. The van der Waals surface area contributed by atoms with Crippen LogP contribution < -0.4 is 10.3 Å². The standard InChI is InChI=1S/C24H19N3O4S2/c1-14(28)16-4-2-3-15-10-27(25-22(15)16)19-13-32-11-17(19)18-12-33-24-20(29)9-21(31-23(18)24)26-5-7-30-8-6-26/h2-4,9-13H,5-8H2,1H3. The zero-order valence-corrected chi connectivity index (χ0v) is 19.4. The van der Waals surface area contributed by atoms with Crippen molar-refractivity contribution in [3.05, 3.63) is 62.4 Å². The molecule has 0 aliphatic carbocycles. The first kappa shape index (κ1) is 20.3. The molecule has 5 aromatic rings. The van der Waals surface area contributed by atoms with Crippen LogP contribution in [-0.2, 0) is 4.74 Å². The number of benzene rings is 1. The maximum absolute atomic E-state index is 12.8. The molecule has 9 heteroatoms. The van der Waals surface area contributed by atoms with Gasteiger partial charge in [-0.3, -0.25) is 9.59 Å². The summed E-state index contributed by atoms with van der Waals surface area (Å²) in [6.07, 6.45) is 1.93. The lowest BCUT2D eigenvalue weighted by Crippen LogP contribution is -2.36. The second kappa shape index (κ2) is 7.95. The number of aromatic nitrogens is 2. The quantitative estimate of drug-likeness (QED) is 0.341. The van der Waals surface area contributed by atoms with Gasteiger partial charge in [0.05, 0.1) is 18.9 Å². The van der Waals surface area contributed by atoms with E-state index in [9.17, 15) is 9.59 Å². The lowest BCUT2D eigenvalue weighted by atomic mass is 10.1. The number of morpholine rings is 1. The van der Waals surface area contributed by atoms with Gasteiger partial charge in [0.2, 0.25) is 5.43 Å². The minimum Gasteiger partial charge on any atom is -0.439 e. The highest BCUT2D eigenvalue weighted by atomic mass is 32.1. The van der Waals surface area contributed by atoms with Gasteiger partial charge in [0.1, 0.15) is 10.2 Å². The van der Waals surface area contributed by atoms with Crippen molar-refractivity contribution in [2.24, 2.45) is 0 Å². The van der Waals surface area contributed by atoms with Crippen molar-refractivity contribution in [3.63, 3.8) is 0 Å². The van der Waals surface area contributed by atoms with Crippen molar-refractivity contribution in [3.8, 4) is 16.8 Å². The fraction of sp³-hybridized carbons (Fsp3) is 0.208. The third-order valence-corrected chi connectivity index (χ3v) is 7.55. The van der Waals surface area contributed by atoms with Gasteiger partial charge in [0.15, 0.2) is 17.3 Å². The van der Waals surface area contributed by atoms with E-state index >= 15 is 0 Å². The van der Waals surface area contributed by atoms with Crippen molar-refractivity contribution >= 4 is 55.5 Å². The third-order valence-electron chi connectivity index (χ3n) is 5.85.